The first-order valence-corrected chi connectivity index (χ1v) is 13.5. The monoisotopic (exact) mass is 418 g/mol. The van der Waals surface area contributed by atoms with E-state index in [2.05, 4.69) is 97.0 Å². The highest BCUT2D eigenvalue weighted by molar-refractivity contribution is 6.58. The summed E-state index contributed by atoms with van der Waals surface area (Å²) in [6.07, 6.45) is 18.2. The fraction of sp³-hybridized carbons (Fsp3) is 0.517. The lowest BCUT2D eigenvalue weighted by Crippen LogP contribution is -2.36. The summed E-state index contributed by atoms with van der Waals surface area (Å²) >= 11 is 0. The van der Waals surface area contributed by atoms with E-state index in [-0.39, 0.29) is 10.5 Å². The van der Waals surface area contributed by atoms with Gasteiger partial charge in [-0.3, -0.25) is 0 Å². The van der Waals surface area contributed by atoms with Gasteiger partial charge in [0.05, 0.1) is 9.52 Å². The van der Waals surface area contributed by atoms with Gasteiger partial charge in [0.15, 0.2) is 0 Å². The van der Waals surface area contributed by atoms with Gasteiger partial charge in [0, 0.05) is 5.04 Å². The van der Waals surface area contributed by atoms with Crippen molar-refractivity contribution in [1.29, 1.82) is 0 Å². The zero-order valence-electron chi connectivity index (χ0n) is 20.4. The average Bonchev–Trinajstić information content (AvgIpc) is 2.90. The third-order valence-electron chi connectivity index (χ3n) is 7.55. The standard InChI is InChI=1S/C29H42Si/c1-8-25-15-26(9-2)17-27(16-25)30-29(19-22(5)23(6)24(29)7)20-28(18-21(3)4)13-11-10-12-14-28/h10-13,15-17,19,21H,8-9,14,18,20,30H2,1-7H3. The normalized spacial score (nSPS) is 26.5. The van der Waals surface area contributed by atoms with Gasteiger partial charge in [0.1, 0.15) is 0 Å². The Bertz CT molecular complexity index is 873. The summed E-state index contributed by atoms with van der Waals surface area (Å²) in [6, 6.07) is 7.48. The minimum absolute atomic E-state index is 0.260. The molecule has 30 heavy (non-hydrogen) atoms. The third kappa shape index (κ3) is 4.83. The highest BCUT2D eigenvalue weighted by atomic mass is 28.2. The smallest absolute Gasteiger partial charge is 0.0706 e. The lowest BCUT2D eigenvalue weighted by Gasteiger charge is -2.42. The molecule has 2 aliphatic rings. The van der Waals surface area contributed by atoms with E-state index in [1.807, 2.05) is 0 Å². The Hall–Kier alpha value is -1.60. The average molecular weight is 419 g/mol. The highest BCUT2D eigenvalue weighted by Crippen LogP contribution is 2.56. The molecule has 0 radical (unpaired) electrons. The van der Waals surface area contributed by atoms with Gasteiger partial charge in [-0.1, -0.05) is 92.6 Å². The molecule has 0 spiro atoms. The van der Waals surface area contributed by atoms with E-state index >= 15 is 0 Å². The summed E-state index contributed by atoms with van der Waals surface area (Å²) < 4.78 is 0. The van der Waals surface area contributed by atoms with Crippen LogP contribution in [0.2, 0.25) is 5.04 Å². The zero-order chi connectivity index (χ0) is 21.9. The summed E-state index contributed by atoms with van der Waals surface area (Å²) in [5.74, 6) is 0.715. The first-order valence-electron chi connectivity index (χ1n) is 12.1. The summed E-state index contributed by atoms with van der Waals surface area (Å²) in [5.41, 5.74) is 8.02. The van der Waals surface area contributed by atoms with Crippen LogP contribution in [0.3, 0.4) is 0 Å². The summed E-state index contributed by atoms with van der Waals surface area (Å²) in [6.45, 7) is 16.5. The van der Waals surface area contributed by atoms with E-state index < -0.39 is 9.52 Å². The Morgan fingerprint density at radius 1 is 0.967 bits per heavy atom. The Labute approximate surface area is 188 Å². The van der Waals surface area contributed by atoms with Crippen molar-refractivity contribution in [3.8, 4) is 0 Å². The topological polar surface area (TPSA) is 0 Å². The Morgan fingerprint density at radius 3 is 2.10 bits per heavy atom. The van der Waals surface area contributed by atoms with Crippen LogP contribution in [0.15, 0.2) is 65.3 Å². The first-order chi connectivity index (χ1) is 14.2. The Kier molecular flexibility index (Phi) is 7.12. The van der Waals surface area contributed by atoms with Gasteiger partial charge in [-0.15, -0.1) is 0 Å². The van der Waals surface area contributed by atoms with E-state index in [0.29, 0.717) is 5.92 Å². The quantitative estimate of drug-likeness (QED) is 0.399. The van der Waals surface area contributed by atoms with Crippen molar-refractivity contribution in [2.45, 2.75) is 85.6 Å². The predicted molar refractivity (Wildman–Crippen MR) is 138 cm³/mol. The number of aryl methyl sites for hydroxylation is 2. The van der Waals surface area contributed by atoms with Gasteiger partial charge >= 0.3 is 0 Å². The molecule has 0 N–H and O–H groups in total. The molecule has 2 unspecified atom stereocenters. The molecule has 0 nitrogen and oxygen atoms in total. The van der Waals surface area contributed by atoms with Crippen LogP contribution in [0.1, 0.15) is 78.9 Å². The minimum atomic E-state index is -0.522. The maximum Gasteiger partial charge on any atom is 0.0706 e. The lowest BCUT2D eigenvalue weighted by molar-refractivity contribution is 0.265. The van der Waals surface area contributed by atoms with E-state index in [4.69, 9.17) is 0 Å². The number of hydrogen-bond acceptors (Lipinski definition) is 0. The van der Waals surface area contributed by atoms with Crippen LogP contribution >= 0.6 is 0 Å². The molecule has 0 aromatic heterocycles. The van der Waals surface area contributed by atoms with Gasteiger partial charge < -0.3 is 0 Å². The summed E-state index contributed by atoms with van der Waals surface area (Å²) in [5, 5.41) is 1.91. The van der Waals surface area contributed by atoms with Gasteiger partial charge in [-0.2, -0.15) is 0 Å². The Morgan fingerprint density at radius 2 is 1.63 bits per heavy atom. The molecule has 2 aliphatic carbocycles. The first kappa shape index (κ1) is 23.1. The molecule has 162 valence electrons. The molecule has 0 amide bonds. The zero-order valence-corrected chi connectivity index (χ0v) is 21.9. The summed E-state index contributed by atoms with van der Waals surface area (Å²) in [4.78, 5) is 0. The third-order valence-corrected chi connectivity index (χ3v) is 9.98. The van der Waals surface area contributed by atoms with Crippen LogP contribution < -0.4 is 5.19 Å². The van der Waals surface area contributed by atoms with Crippen molar-refractivity contribution >= 4 is 14.7 Å². The molecule has 0 aliphatic heterocycles. The molecule has 0 fully saturated rings. The molecule has 2 atom stereocenters. The van der Waals surface area contributed by atoms with Crippen molar-refractivity contribution in [2.24, 2.45) is 11.3 Å². The van der Waals surface area contributed by atoms with Crippen LogP contribution in [-0.2, 0) is 12.8 Å². The highest BCUT2D eigenvalue weighted by Gasteiger charge is 2.43. The van der Waals surface area contributed by atoms with Gasteiger partial charge in [0.2, 0.25) is 0 Å². The van der Waals surface area contributed by atoms with Crippen LogP contribution in [0.25, 0.3) is 0 Å². The maximum atomic E-state index is 2.68. The second kappa shape index (κ2) is 9.26. The molecule has 1 aromatic carbocycles. The summed E-state index contributed by atoms with van der Waals surface area (Å²) in [7, 11) is -0.522. The fourth-order valence-electron chi connectivity index (χ4n) is 5.95. The molecular weight excluding hydrogens is 376 g/mol. The molecule has 1 aromatic rings. The molecule has 3 rings (SSSR count). The van der Waals surface area contributed by atoms with Gasteiger partial charge in [-0.05, 0) is 80.9 Å². The minimum Gasteiger partial charge on any atom is -0.0837 e. The van der Waals surface area contributed by atoms with E-state index in [9.17, 15) is 0 Å². The van der Waals surface area contributed by atoms with E-state index in [1.165, 1.54) is 36.0 Å². The van der Waals surface area contributed by atoms with Crippen LogP contribution in [0.4, 0.5) is 0 Å². The molecule has 1 heteroatoms. The van der Waals surface area contributed by atoms with Crippen molar-refractivity contribution in [1.82, 2.24) is 0 Å². The number of hydrogen-bond donors (Lipinski definition) is 0. The van der Waals surface area contributed by atoms with Crippen LogP contribution in [-0.4, -0.2) is 9.52 Å². The molecule has 0 heterocycles. The maximum absolute atomic E-state index is 2.68. The number of benzene rings is 1. The van der Waals surface area contributed by atoms with Crippen molar-refractivity contribution < 1.29 is 0 Å². The fourth-order valence-corrected chi connectivity index (χ4v) is 8.97. The van der Waals surface area contributed by atoms with Crippen molar-refractivity contribution in [3.63, 3.8) is 0 Å². The number of allylic oxidation sites excluding steroid dienone is 8. The number of rotatable bonds is 8. The molecule has 0 saturated heterocycles. The second-order valence-electron chi connectivity index (χ2n) is 10.4. The molecule has 0 saturated carbocycles. The Balaban J connectivity index is 2.06. The second-order valence-corrected chi connectivity index (χ2v) is 12.8. The molecular formula is C29H42Si. The van der Waals surface area contributed by atoms with Crippen LogP contribution in [0, 0.1) is 11.3 Å². The largest absolute Gasteiger partial charge is 0.0837 e. The van der Waals surface area contributed by atoms with E-state index in [1.54, 1.807) is 16.3 Å². The molecule has 0 bridgehead atoms. The van der Waals surface area contributed by atoms with Gasteiger partial charge in [-0.25, -0.2) is 0 Å². The lowest BCUT2D eigenvalue weighted by atomic mass is 9.69. The SMILES string of the molecule is CCc1cc(CC)cc([SiH2]C2(CC3(CC(C)C)C=CC=CC3)C=C(C)C(C)=C2C)c1. The van der Waals surface area contributed by atoms with Crippen molar-refractivity contribution in [3.05, 3.63) is 76.4 Å². The van der Waals surface area contributed by atoms with Crippen LogP contribution in [0.5, 0.6) is 0 Å². The van der Waals surface area contributed by atoms with Gasteiger partial charge in [0.25, 0.3) is 0 Å². The van der Waals surface area contributed by atoms with E-state index in [0.717, 1.165) is 12.8 Å². The predicted octanol–water partition coefficient (Wildman–Crippen LogP) is 7.00. The van der Waals surface area contributed by atoms with Crippen molar-refractivity contribution in [2.75, 3.05) is 0 Å².